The number of carbonyl (C=O) groups is 1. The summed E-state index contributed by atoms with van der Waals surface area (Å²) in [5.74, 6) is -0.174. The quantitative estimate of drug-likeness (QED) is 0.726. The summed E-state index contributed by atoms with van der Waals surface area (Å²) in [4.78, 5) is 16.6. The predicted molar refractivity (Wildman–Crippen MR) is 88.6 cm³/mol. The average Bonchev–Trinajstić information content (AvgIpc) is 2.55. The summed E-state index contributed by atoms with van der Waals surface area (Å²) in [5.41, 5.74) is 8.04. The molecule has 3 N–H and O–H groups in total. The van der Waals surface area contributed by atoms with Crippen molar-refractivity contribution >= 4 is 22.4 Å². The molecule has 1 aromatic heterocycles. The van der Waals surface area contributed by atoms with Gasteiger partial charge in [0.15, 0.2) is 0 Å². The van der Waals surface area contributed by atoms with E-state index in [1.54, 1.807) is 12.3 Å². The number of aromatic nitrogens is 1. The van der Waals surface area contributed by atoms with Gasteiger partial charge in [0.1, 0.15) is 5.69 Å². The first kappa shape index (κ1) is 14.1. The van der Waals surface area contributed by atoms with Gasteiger partial charge in [-0.2, -0.15) is 0 Å². The van der Waals surface area contributed by atoms with Crippen LogP contribution in [0.5, 0.6) is 0 Å². The van der Waals surface area contributed by atoms with Crippen LogP contribution >= 0.6 is 0 Å². The van der Waals surface area contributed by atoms with E-state index in [1.165, 1.54) is 5.56 Å². The second-order valence-electron chi connectivity index (χ2n) is 5.13. The van der Waals surface area contributed by atoms with E-state index < -0.39 is 0 Å². The molecule has 0 atom stereocenters. The first-order valence-corrected chi connectivity index (χ1v) is 7.20. The van der Waals surface area contributed by atoms with Crippen LogP contribution < -0.4 is 11.1 Å². The summed E-state index contributed by atoms with van der Waals surface area (Å²) < 4.78 is 0. The molecule has 0 saturated carbocycles. The molecule has 0 radical (unpaired) electrons. The number of carbonyl (C=O) groups excluding carboxylic acids is 1. The number of nitrogen functional groups attached to an aromatic ring is 1. The van der Waals surface area contributed by atoms with E-state index >= 15 is 0 Å². The van der Waals surface area contributed by atoms with Crippen molar-refractivity contribution in [3.8, 4) is 0 Å². The highest BCUT2D eigenvalue weighted by Crippen LogP contribution is 2.19. The van der Waals surface area contributed by atoms with Crippen LogP contribution in [0.15, 0.2) is 60.8 Å². The van der Waals surface area contributed by atoms with Gasteiger partial charge in [-0.15, -0.1) is 0 Å². The summed E-state index contributed by atoms with van der Waals surface area (Å²) in [6, 6.07) is 17.4. The Kier molecular flexibility index (Phi) is 4.01. The molecule has 0 bridgehead atoms. The molecule has 0 aliphatic rings. The van der Waals surface area contributed by atoms with E-state index in [9.17, 15) is 4.79 Å². The number of nitrogens with two attached hydrogens (primary N) is 1. The third kappa shape index (κ3) is 3.06. The van der Waals surface area contributed by atoms with Crippen LogP contribution in [0.25, 0.3) is 10.8 Å². The highest BCUT2D eigenvalue weighted by atomic mass is 16.1. The van der Waals surface area contributed by atoms with Gasteiger partial charge >= 0.3 is 0 Å². The van der Waals surface area contributed by atoms with Crippen LogP contribution in [0.4, 0.5) is 5.69 Å². The van der Waals surface area contributed by atoms with Crippen LogP contribution in [0.1, 0.15) is 16.1 Å². The molecule has 22 heavy (non-hydrogen) atoms. The zero-order valence-electron chi connectivity index (χ0n) is 12.1. The molecule has 2 aromatic carbocycles. The van der Waals surface area contributed by atoms with Crippen LogP contribution in [0.3, 0.4) is 0 Å². The fraction of sp³-hybridized carbons (Fsp3) is 0.111. The molecule has 0 spiro atoms. The number of nitrogens with zero attached hydrogens (tertiary/aromatic N) is 1. The minimum absolute atomic E-state index is 0.174. The predicted octanol–water partition coefficient (Wildman–Crippen LogP) is 2.79. The van der Waals surface area contributed by atoms with Crippen LogP contribution in [-0.2, 0) is 6.42 Å². The van der Waals surface area contributed by atoms with Crippen LogP contribution in [0, 0.1) is 0 Å². The number of amides is 1. The molecule has 3 aromatic rings. The van der Waals surface area contributed by atoms with E-state index in [-0.39, 0.29) is 5.91 Å². The Hall–Kier alpha value is -2.88. The summed E-state index contributed by atoms with van der Waals surface area (Å²) in [7, 11) is 0. The fourth-order valence-electron chi connectivity index (χ4n) is 2.42. The first-order valence-electron chi connectivity index (χ1n) is 7.20. The Morgan fingerprint density at radius 2 is 1.91 bits per heavy atom. The monoisotopic (exact) mass is 291 g/mol. The molecular formula is C18H17N3O. The van der Waals surface area contributed by atoms with Crippen molar-refractivity contribution in [1.82, 2.24) is 10.3 Å². The molecule has 0 saturated heterocycles. The molecule has 1 heterocycles. The Labute approximate surface area is 129 Å². The maximum Gasteiger partial charge on any atom is 0.270 e. The van der Waals surface area contributed by atoms with Gasteiger partial charge in [0, 0.05) is 23.8 Å². The molecule has 4 heteroatoms. The number of pyridine rings is 1. The van der Waals surface area contributed by atoms with Crippen LogP contribution in [0.2, 0.25) is 0 Å². The smallest absolute Gasteiger partial charge is 0.270 e. The minimum Gasteiger partial charge on any atom is -0.399 e. The number of hydrogen-bond donors (Lipinski definition) is 2. The largest absolute Gasteiger partial charge is 0.399 e. The second kappa shape index (κ2) is 6.26. The van der Waals surface area contributed by atoms with Gasteiger partial charge in [0.05, 0.1) is 0 Å². The Morgan fingerprint density at radius 3 is 2.73 bits per heavy atom. The summed E-state index contributed by atoms with van der Waals surface area (Å²) >= 11 is 0. The summed E-state index contributed by atoms with van der Waals surface area (Å²) in [6.07, 6.45) is 2.43. The Bertz CT molecular complexity index is 800. The number of anilines is 1. The number of benzene rings is 2. The molecule has 0 aliphatic heterocycles. The summed E-state index contributed by atoms with van der Waals surface area (Å²) in [5, 5.41) is 4.65. The van der Waals surface area contributed by atoms with Crippen molar-refractivity contribution in [3.63, 3.8) is 0 Å². The average molecular weight is 291 g/mol. The molecule has 110 valence electrons. The molecule has 0 aliphatic carbocycles. The topological polar surface area (TPSA) is 68.0 Å². The van der Waals surface area contributed by atoms with Crippen molar-refractivity contribution < 1.29 is 4.79 Å². The van der Waals surface area contributed by atoms with Crippen LogP contribution in [-0.4, -0.2) is 17.4 Å². The number of nitrogens with one attached hydrogen (secondary N) is 1. The molecule has 3 rings (SSSR count). The number of rotatable bonds is 4. The summed E-state index contributed by atoms with van der Waals surface area (Å²) in [6.45, 7) is 0.573. The van der Waals surface area contributed by atoms with Crippen molar-refractivity contribution in [2.75, 3.05) is 12.3 Å². The maximum absolute atomic E-state index is 12.3. The molecular weight excluding hydrogens is 274 g/mol. The van der Waals surface area contributed by atoms with E-state index in [0.717, 1.165) is 17.2 Å². The Balaban J connectivity index is 1.74. The van der Waals surface area contributed by atoms with E-state index in [1.807, 2.05) is 48.5 Å². The number of fused-ring (bicyclic) bond motifs is 1. The van der Waals surface area contributed by atoms with E-state index in [4.69, 9.17) is 5.73 Å². The molecule has 1 amide bonds. The highest BCUT2D eigenvalue weighted by Gasteiger charge is 2.11. The number of hydrogen-bond acceptors (Lipinski definition) is 3. The van der Waals surface area contributed by atoms with Gasteiger partial charge < -0.3 is 11.1 Å². The van der Waals surface area contributed by atoms with E-state index in [2.05, 4.69) is 10.3 Å². The highest BCUT2D eigenvalue weighted by molar-refractivity contribution is 6.05. The normalized spacial score (nSPS) is 10.5. The lowest BCUT2D eigenvalue weighted by molar-refractivity contribution is 0.0951. The van der Waals surface area contributed by atoms with Gasteiger partial charge in [-0.1, -0.05) is 36.4 Å². The van der Waals surface area contributed by atoms with Gasteiger partial charge in [0.2, 0.25) is 0 Å². The minimum atomic E-state index is -0.174. The lowest BCUT2D eigenvalue weighted by atomic mass is 10.1. The molecule has 0 unspecified atom stereocenters. The third-order valence-electron chi connectivity index (χ3n) is 3.55. The maximum atomic E-state index is 12.3. The fourth-order valence-corrected chi connectivity index (χ4v) is 2.42. The van der Waals surface area contributed by atoms with E-state index in [0.29, 0.717) is 17.9 Å². The second-order valence-corrected chi connectivity index (χ2v) is 5.13. The van der Waals surface area contributed by atoms with Gasteiger partial charge in [-0.05, 0) is 35.6 Å². The van der Waals surface area contributed by atoms with Gasteiger partial charge in [-0.3, -0.25) is 9.78 Å². The van der Waals surface area contributed by atoms with Crippen molar-refractivity contribution in [2.45, 2.75) is 6.42 Å². The third-order valence-corrected chi connectivity index (χ3v) is 3.55. The van der Waals surface area contributed by atoms with Crippen molar-refractivity contribution in [1.29, 1.82) is 0 Å². The lowest BCUT2D eigenvalue weighted by Crippen LogP contribution is -2.26. The van der Waals surface area contributed by atoms with Gasteiger partial charge in [-0.25, -0.2) is 0 Å². The zero-order chi connectivity index (χ0) is 15.4. The first-order chi connectivity index (χ1) is 10.7. The van der Waals surface area contributed by atoms with Crippen molar-refractivity contribution in [3.05, 3.63) is 72.1 Å². The molecule has 0 fully saturated rings. The SMILES string of the molecule is Nc1ccc2ccnc(C(=O)NCCc3ccccc3)c2c1. The Morgan fingerprint density at radius 1 is 1.09 bits per heavy atom. The van der Waals surface area contributed by atoms with Gasteiger partial charge in [0.25, 0.3) is 5.91 Å². The zero-order valence-corrected chi connectivity index (χ0v) is 12.1. The molecule has 4 nitrogen and oxygen atoms in total. The standard InChI is InChI=1S/C18H17N3O/c19-15-7-6-14-9-11-20-17(16(14)12-15)18(22)21-10-8-13-4-2-1-3-5-13/h1-7,9,11-12H,8,10,19H2,(H,21,22). The lowest BCUT2D eigenvalue weighted by Gasteiger charge is -2.08. The van der Waals surface area contributed by atoms with Crippen molar-refractivity contribution in [2.24, 2.45) is 0 Å².